The molecule has 2 rings (SSSR count). The van der Waals surface area contributed by atoms with Gasteiger partial charge in [0.05, 0.1) is 5.52 Å². The first-order valence-electron chi connectivity index (χ1n) is 8.69. The normalized spacial score (nSPS) is 11.7. The molecule has 1 aromatic carbocycles. The molecule has 1 heterocycles. The molecule has 0 aliphatic rings. The maximum Gasteiger partial charge on any atom is 0.280 e. The minimum Gasteiger partial charge on any atom is -0.506 e. The molecular formula is C19H25N3O3. The third-order valence-electron chi connectivity index (χ3n) is 4.22. The van der Waals surface area contributed by atoms with Crippen LogP contribution >= 0.6 is 0 Å². The summed E-state index contributed by atoms with van der Waals surface area (Å²) in [6.07, 6.45) is 3.54. The van der Waals surface area contributed by atoms with Crippen LogP contribution in [0.4, 0.5) is 0 Å². The van der Waals surface area contributed by atoms with Gasteiger partial charge in [-0.25, -0.2) is 5.43 Å². The van der Waals surface area contributed by atoms with E-state index in [0.717, 1.165) is 25.0 Å². The number of amides is 1. The number of aryl methyl sites for hydroxylation is 1. The number of carbonyl (C=O) groups excluding carboxylic acids is 1. The van der Waals surface area contributed by atoms with Crippen LogP contribution in [0.3, 0.4) is 0 Å². The Bertz CT molecular complexity index is 853. The molecule has 0 saturated heterocycles. The highest BCUT2D eigenvalue weighted by Crippen LogP contribution is 2.26. The second-order valence-electron chi connectivity index (χ2n) is 6.05. The number of para-hydroxylation sites is 1. The lowest BCUT2D eigenvalue weighted by Gasteiger charge is -2.14. The number of carbonyl (C=O) groups is 1. The van der Waals surface area contributed by atoms with Gasteiger partial charge in [-0.1, -0.05) is 38.8 Å². The van der Waals surface area contributed by atoms with Gasteiger partial charge in [-0.15, -0.1) is 0 Å². The Morgan fingerprint density at radius 2 is 1.96 bits per heavy atom. The number of hydrogen-bond acceptors (Lipinski definition) is 4. The van der Waals surface area contributed by atoms with Crippen molar-refractivity contribution >= 4 is 22.5 Å². The zero-order valence-corrected chi connectivity index (χ0v) is 15.0. The summed E-state index contributed by atoms with van der Waals surface area (Å²) < 4.78 is 1.57. The van der Waals surface area contributed by atoms with Crippen LogP contribution in [0.15, 0.2) is 34.2 Å². The zero-order valence-electron chi connectivity index (χ0n) is 15.0. The van der Waals surface area contributed by atoms with E-state index in [2.05, 4.69) is 17.5 Å². The highest BCUT2D eigenvalue weighted by molar-refractivity contribution is 6.02. The fourth-order valence-electron chi connectivity index (χ4n) is 2.62. The molecule has 134 valence electrons. The molecule has 1 amide bonds. The summed E-state index contributed by atoms with van der Waals surface area (Å²) in [6, 6.07) is 7.07. The van der Waals surface area contributed by atoms with Gasteiger partial charge in [-0.2, -0.15) is 5.10 Å². The number of benzene rings is 1. The molecule has 0 unspecified atom stereocenters. The Hall–Kier alpha value is -2.63. The lowest BCUT2D eigenvalue weighted by Crippen LogP contribution is -2.32. The second kappa shape index (κ2) is 8.46. The number of unbranched alkanes of at least 4 members (excludes halogenated alkanes) is 2. The smallest absolute Gasteiger partial charge is 0.280 e. The molecule has 0 bridgehead atoms. The predicted molar refractivity (Wildman–Crippen MR) is 100 cm³/mol. The minimum atomic E-state index is -0.690. The average Bonchev–Trinajstić information content (AvgIpc) is 2.62. The van der Waals surface area contributed by atoms with Crippen molar-refractivity contribution < 1.29 is 9.90 Å². The van der Waals surface area contributed by atoms with Gasteiger partial charge in [-0.3, -0.25) is 9.59 Å². The summed E-state index contributed by atoms with van der Waals surface area (Å²) in [5, 5.41) is 14.9. The monoisotopic (exact) mass is 343 g/mol. The van der Waals surface area contributed by atoms with E-state index in [-0.39, 0.29) is 11.3 Å². The van der Waals surface area contributed by atoms with Crippen molar-refractivity contribution in [1.82, 2.24) is 9.99 Å². The second-order valence-corrected chi connectivity index (χ2v) is 6.05. The van der Waals surface area contributed by atoms with Gasteiger partial charge < -0.3 is 9.67 Å². The van der Waals surface area contributed by atoms with E-state index >= 15 is 0 Å². The van der Waals surface area contributed by atoms with Crippen molar-refractivity contribution in [2.75, 3.05) is 0 Å². The first kappa shape index (κ1) is 18.7. The van der Waals surface area contributed by atoms with Gasteiger partial charge in [0.15, 0.2) is 0 Å². The van der Waals surface area contributed by atoms with Crippen LogP contribution in [0, 0.1) is 0 Å². The average molecular weight is 343 g/mol. The number of rotatable bonds is 7. The molecule has 0 radical (unpaired) electrons. The van der Waals surface area contributed by atoms with Crippen molar-refractivity contribution in [2.45, 2.75) is 53.0 Å². The lowest BCUT2D eigenvalue weighted by molar-refractivity contribution is 0.0950. The molecule has 0 aliphatic heterocycles. The number of nitrogens with zero attached hydrogens (tertiary/aromatic N) is 2. The number of hydrazone groups is 1. The van der Waals surface area contributed by atoms with Gasteiger partial charge in [-0.05, 0) is 31.9 Å². The molecule has 2 aromatic rings. The van der Waals surface area contributed by atoms with Crippen LogP contribution < -0.4 is 11.0 Å². The van der Waals surface area contributed by atoms with E-state index < -0.39 is 11.5 Å². The highest BCUT2D eigenvalue weighted by Gasteiger charge is 2.21. The minimum absolute atomic E-state index is 0.261. The van der Waals surface area contributed by atoms with Gasteiger partial charge in [0, 0.05) is 17.6 Å². The quantitative estimate of drug-likeness (QED) is 0.459. The van der Waals surface area contributed by atoms with E-state index in [9.17, 15) is 14.7 Å². The molecule has 6 heteroatoms. The van der Waals surface area contributed by atoms with Crippen LogP contribution in [-0.2, 0) is 6.54 Å². The largest absolute Gasteiger partial charge is 0.506 e. The number of hydrogen-bond donors (Lipinski definition) is 2. The maximum atomic E-state index is 12.8. The Balaban J connectivity index is 2.56. The van der Waals surface area contributed by atoms with Crippen molar-refractivity contribution in [3.8, 4) is 5.75 Å². The van der Waals surface area contributed by atoms with Crippen molar-refractivity contribution in [2.24, 2.45) is 5.10 Å². The zero-order chi connectivity index (χ0) is 18.4. The molecular weight excluding hydrogens is 318 g/mol. The Morgan fingerprint density at radius 3 is 2.64 bits per heavy atom. The summed E-state index contributed by atoms with van der Waals surface area (Å²) in [6.45, 7) is 6.29. The summed E-state index contributed by atoms with van der Waals surface area (Å²) >= 11 is 0. The standard InChI is InChI=1S/C19H25N3O3/c1-4-6-9-12-22-15-11-8-7-10-14(15)17(23)16(19(22)25)18(24)21-20-13(3)5-2/h7-8,10-11,23H,4-6,9,12H2,1-3H3,(H,21,24)/b20-13+. The lowest BCUT2D eigenvalue weighted by atomic mass is 10.1. The van der Waals surface area contributed by atoms with E-state index in [1.54, 1.807) is 29.7 Å². The summed E-state index contributed by atoms with van der Waals surface area (Å²) in [4.78, 5) is 25.3. The van der Waals surface area contributed by atoms with Gasteiger partial charge in [0.1, 0.15) is 11.3 Å². The van der Waals surface area contributed by atoms with E-state index in [0.29, 0.717) is 23.9 Å². The van der Waals surface area contributed by atoms with Gasteiger partial charge in [0.2, 0.25) is 0 Å². The molecule has 1 aromatic heterocycles. The van der Waals surface area contributed by atoms with E-state index in [1.165, 1.54) is 0 Å². The van der Waals surface area contributed by atoms with Gasteiger partial charge >= 0.3 is 0 Å². The molecule has 25 heavy (non-hydrogen) atoms. The molecule has 0 atom stereocenters. The predicted octanol–water partition coefficient (Wildman–Crippen LogP) is 3.41. The third-order valence-corrected chi connectivity index (χ3v) is 4.22. The Labute approximate surface area is 147 Å². The maximum absolute atomic E-state index is 12.8. The number of pyridine rings is 1. The number of aromatic nitrogens is 1. The van der Waals surface area contributed by atoms with Crippen LogP contribution in [0.5, 0.6) is 5.75 Å². The van der Waals surface area contributed by atoms with Crippen LogP contribution in [0.1, 0.15) is 56.8 Å². The fourth-order valence-corrected chi connectivity index (χ4v) is 2.62. The SMILES string of the molecule is CCCCCn1c(=O)c(C(=O)N/N=C(\C)CC)c(O)c2ccccc21. The Kier molecular flexibility index (Phi) is 6.33. The highest BCUT2D eigenvalue weighted by atomic mass is 16.3. The number of aromatic hydroxyl groups is 1. The molecule has 2 N–H and O–H groups in total. The van der Waals surface area contributed by atoms with Crippen LogP contribution in [0.2, 0.25) is 0 Å². The number of nitrogens with one attached hydrogen (secondary N) is 1. The van der Waals surface area contributed by atoms with Crippen LogP contribution in [0.25, 0.3) is 10.9 Å². The molecule has 0 fully saturated rings. The first-order valence-corrected chi connectivity index (χ1v) is 8.69. The van der Waals surface area contributed by atoms with Crippen LogP contribution in [-0.4, -0.2) is 21.3 Å². The van der Waals surface area contributed by atoms with Crippen molar-refractivity contribution in [3.05, 3.63) is 40.2 Å². The Morgan fingerprint density at radius 1 is 1.24 bits per heavy atom. The summed E-state index contributed by atoms with van der Waals surface area (Å²) in [5.41, 5.74) is 2.98. The first-order chi connectivity index (χ1) is 12.0. The molecule has 0 aliphatic carbocycles. The topological polar surface area (TPSA) is 83.7 Å². The van der Waals surface area contributed by atoms with E-state index in [4.69, 9.17) is 0 Å². The fraction of sp³-hybridized carbons (Fsp3) is 0.421. The van der Waals surface area contributed by atoms with Crippen molar-refractivity contribution in [3.63, 3.8) is 0 Å². The van der Waals surface area contributed by atoms with Gasteiger partial charge in [0.25, 0.3) is 11.5 Å². The molecule has 0 saturated carbocycles. The third kappa shape index (κ3) is 4.07. The van der Waals surface area contributed by atoms with Crippen molar-refractivity contribution in [1.29, 1.82) is 0 Å². The molecule has 6 nitrogen and oxygen atoms in total. The number of fused-ring (bicyclic) bond motifs is 1. The molecule has 0 spiro atoms. The van der Waals surface area contributed by atoms with E-state index in [1.807, 2.05) is 13.0 Å². The summed E-state index contributed by atoms with van der Waals surface area (Å²) in [7, 11) is 0. The summed E-state index contributed by atoms with van der Waals surface area (Å²) in [5.74, 6) is -0.987.